The molecule has 0 heterocycles. The summed E-state index contributed by atoms with van der Waals surface area (Å²) in [5, 5.41) is 3.04. The van der Waals surface area contributed by atoms with Crippen LogP contribution in [0.2, 0.25) is 0 Å². The Kier molecular flexibility index (Phi) is 57.2. The van der Waals surface area contributed by atoms with E-state index in [9.17, 15) is 19.0 Å². The third-order valence-electron chi connectivity index (χ3n) is 14.9. The molecule has 0 aliphatic heterocycles. The van der Waals surface area contributed by atoms with Crippen LogP contribution in [0.15, 0.2) is 60.8 Å². The number of allylic oxidation sites excluding steroid dienone is 9. The van der Waals surface area contributed by atoms with Gasteiger partial charge in [-0.05, 0) is 96.0 Å². The topological polar surface area (TPSA) is 114 Å². The lowest BCUT2D eigenvalue weighted by molar-refractivity contribution is -0.870. The summed E-state index contributed by atoms with van der Waals surface area (Å²) in [6.45, 7) is 6.83. The van der Waals surface area contributed by atoms with Crippen molar-refractivity contribution in [2.24, 2.45) is 0 Å². The Hall–Kier alpha value is -2.29. The van der Waals surface area contributed by atoms with E-state index in [-0.39, 0.29) is 31.5 Å². The van der Waals surface area contributed by atoms with Crippen molar-refractivity contribution in [3.8, 4) is 0 Å². The van der Waals surface area contributed by atoms with Gasteiger partial charge in [0, 0.05) is 12.8 Å². The highest BCUT2D eigenvalue weighted by molar-refractivity contribution is 7.45. The number of esters is 1. The van der Waals surface area contributed by atoms with Crippen molar-refractivity contribution in [3.63, 3.8) is 0 Å². The van der Waals surface area contributed by atoms with Crippen LogP contribution >= 0.6 is 7.82 Å². The van der Waals surface area contributed by atoms with Crippen molar-refractivity contribution in [2.75, 3.05) is 40.9 Å². The first kappa shape index (κ1) is 76.7. The number of ether oxygens (including phenoxy) is 1. The third kappa shape index (κ3) is 60.1. The number of likely N-dealkylation sites (N-methyl/N-ethyl adjacent to an activating group) is 1. The number of hydrogen-bond donors (Lipinski definition) is 1. The molecule has 0 aliphatic rings. The molecular weight excluding hydrogens is 1000 g/mol. The smallest absolute Gasteiger partial charge is 0.306 e. The maximum absolute atomic E-state index is 13.6. The van der Waals surface area contributed by atoms with Crippen molar-refractivity contribution in [2.45, 2.75) is 328 Å². The molecule has 0 aliphatic carbocycles. The number of carbonyl (C=O) groups excluding carboxylic acids is 2. The van der Waals surface area contributed by atoms with Crippen LogP contribution in [0.3, 0.4) is 0 Å². The molecule has 0 saturated carbocycles. The molecule has 9 nitrogen and oxygen atoms in total. The second-order valence-electron chi connectivity index (χ2n) is 24.0. The molecule has 3 unspecified atom stereocenters. The second kappa shape index (κ2) is 58.9. The van der Waals surface area contributed by atoms with Crippen LogP contribution < -0.4 is 10.2 Å². The van der Waals surface area contributed by atoms with Gasteiger partial charge in [-0.15, -0.1) is 0 Å². The fourth-order valence-corrected chi connectivity index (χ4v) is 10.4. The van der Waals surface area contributed by atoms with E-state index in [4.69, 9.17) is 13.8 Å². The number of phosphoric acid groups is 1. The van der Waals surface area contributed by atoms with Crippen molar-refractivity contribution < 1.29 is 37.3 Å². The van der Waals surface area contributed by atoms with Gasteiger partial charge in [-0.3, -0.25) is 14.2 Å². The molecule has 0 fully saturated rings. The highest BCUT2D eigenvalue weighted by Gasteiger charge is 2.27. The number of amides is 1. The summed E-state index contributed by atoms with van der Waals surface area (Å²) in [6, 6.07) is -0.892. The molecule has 0 rings (SSSR count). The summed E-state index contributed by atoms with van der Waals surface area (Å²) in [4.78, 5) is 40.1. The molecule has 10 heteroatoms. The van der Waals surface area contributed by atoms with Crippen LogP contribution in [0, 0.1) is 0 Å². The van der Waals surface area contributed by atoms with E-state index in [1.807, 2.05) is 33.3 Å². The van der Waals surface area contributed by atoms with Gasteiger partial charge in [0.1, 0.15) is 19.3 Å². The lowest BCUT2D eigenvalue weighted by atomic mass is 10.0. The van der Waals surface area contributed by atoms with Crippen molar-refractivity contribution in [1.29, 1.82) is 0 Å². The Morgan fingerprint density at radius 2 is 0.772 bits per heavy atom. The molecule has 0 saturated heterocycles. The molecule has 0 aromatic carbocycles. The minimum atomic E-state index is -4.70. The number of nitrogens with one attached hydrogen (secondary N) is 1. The number of carbonyl (C=O) groups is 2. The van der Waals surface area contributed by atoms with Crippen molar-refractivity contribution in [3.05, 3.63) is 60.8 Å². The predicted octanol–water partition coefficient (Wildman–Crippen LogP) is 20.4. The molecule has 1 amide bonds. The van der Waals surface area contributed by atoms with Gasteiger partial charge in [0.15, 0.2) is 0 Å². The first-order valence-electron chi connectivity index (χ1n) is 33.6. The van der Waals surface area contributed by atoms with Gasteiger partial charge in [0.25, 0.3) is 7.82 Å². The number of quaternary nitrogens is 1. The van der Waals surface area contributed by atoms with E-state index in [0.717, 1.165) is 83.5 Å². The molecule has 0 aromatic heterocycles. The van der Waals surface area contributed by atoms with Crippen LogP contribution in [0.5, 0.6) is 0 Å². The molecule has 0 bridgehead atoms. The monoisotopic (exact) mass is 1130 g/mol. The summed E-state index contributed by atoms with van der Waals surface area (Å²) in [6.07, 6.45) is 74.7. The van der Waals surface area contributed by atoms with E-state index in [0.29, 0.717) is 17.4 Å². The van der Waals surface area contributed by atoms with Crippen molar-refractivity contribution >= 4 is 19.7 Å². The van der Waals surface area contributed by atoms with Gasteiger partial charge in [0.2, 0.25) is 5.91 Å². The number of rotatable bonds is 61. The molecule has 1 N–H and O–H groups in total. The fourth-order valence-electron chi connectivity index (χ4n) is 9.70. The number of nitrogens with zero attached hydrogens (tertiary/aromatic N) is 1. The highest BCUT2D eigenvalue weighted by Crippen LogP contribution is 2.38. The van der Waals surface area contributed by atoms with Crippen LogP contribution in [-0.4, -0.2) is 69.4 Å². The summed E-state index contributed by atoms with van der Waals surface area (Å²) >= 11 is 0. The van der Waals surface area contributed by atoms with Crippen LogP contribution in [0.25, 0.3) is 0 Å². The molecular formula is C69H129N2O7P. The molecule has 0 spiro atoms. The number of hydrogen-bond acceptors (Lipinski definition) is 7. The summed E-state index contributed by atoms with van der Waals surface area (Å²) in [5.41, 5.74) is 0. The molecule has 3 atom stereocenters. The maximum Gasteiger partial charge on any atom is 0.306 e. The van der Waals surface area contributed by atoms with Gasteiger partial charge in [-0.2, -0.15) is 0 Å². The van der Waals surface area contributed by atoms with Crippen molar-refractivity contribution in [1.82, 2.24) is 5.32 Å². The van der Waals surface area contributed by atoms with Crippen LogP contribution in [0.1, 0.15) is 316 Å². The Morgan fingerprint density at radius 3 is 1.19 bits per heavy atom. The van der Waals surface area contributed by atoms with E-state index in [2.05, 4.69) is 74.7 Å². The van der Waals surface area contributed by atoms with Gasteiger partial charge >= 0.3 is 5.97 Å². The molecule has 79 heavy (non-hydrogen) atoms. The lowest BCUT2D eigenvalue weighted by Crippen LogP contribution is -2.47. The zero-order valence-corrected chi connectivity index (χ0v) is 53.7. The average Bonchev–Trinajstić information content (AvgIpc) is 3.41. The minimum Gasteiger partial charge on any atom is -0.756 e. The van der Waals surface area contributed by atoms with Gasteiger partial charge in [0.05, 0.1) is 33.8 Å². The summed E-state index contributed by atoms with van der Waals surface area (Å²) in [7, 11) is 1.19. The SMILES string of the molecule is CCCCC/C=C\C/C=C\C/C=C\CCCCCCCCCCCCC(=O)NC(COP(=O)([O-])OCC[N+](C)(C)C)C(/C=C\CCCCCCCCCCC)OC(=O)CCCCCCCCCCC/C=C/CCCCCCCC. The summed E-state index contributed by atoms with van der Waals surface area (Å²) < 4.78 is 30.4. The first-order valence-corrected chi connectivity index (χ1v) is 35.1. The van der Waals surface area contributed by atoms with Gasteiger partial charge in [-0.1, -0.05) is 268 Å². The zero-order chi connectivity index (χ0) is 57.9. The molecule has 462 valence electrons. The van der Waals surface area contributed by atoms with Crippen LogP contribution in [-0.2, 0) is 27.9 Å². The minimum absolute atomic E-state index is 0.0239. The molecule has 0 radical (unpaired) electrons. The lowest BCUT2D eigenvalue weighted by Gasteiger charge is -2.30. The predicted molar refractivity (Wildman–Crippen MR) is 339 cm³/mol. The largest absolute Gasteiger partial charge is 0.756 e. The number of unbranched alkanes of at least 4 members (excludes halogenated alkanes) is 37. The Morgan fingerprint density at radius 1 is 0.443 bits per heavy atom. The van der Waals surface area contributed by atoms with E-state index in [1.54, 1.807) is 0 Å². The molecule has 0 aromatic rings. The van der Waals surface area contributed by atoms with Crippen LogP contribution in [0.4, 0.5) is 0 Å². The van der Waals surface area contributed by atoms with E-state index in [1.165, 1.54) is 199 Å². The zero-order valence-electron chi connectivity index (χ0n) is 52.8. The maximum atomic E-state index is 13.6. The Balaban J connectivity index is 5.11. The quantitative estimate of drug-likeness (QED) is 0.0212. The Bertz CT molecular complexity index is 1540. The average molecular weight is 1130 g/mol. The standard InChI is InChI=1S/C69H129N2O7P/c1-7-10-13-16-19-22-25-27-29-31-33-34-35-36-38-39-41-43-46-49-52-55-58-61-68(72)70-66(65-77-79(74,75)76-64-63-71(4,5)6)67(60-57-54-51-48-45-24-21-18-15-12-9-3)78-69(73)62-59-56-53-50-47-44-42-40-37-32-30-28-26-23-20-17-14-11-8-2/h19,22,27-30,33-34,57,60,66-67H,7-18,20-21,23-26,31-32,35-56,58-59,61-65H2,1-6H3,(H-,70,72,74,75)/b22-19-,29-27-,30-28+,34-33-,60-57-. The normalized spacial score (nSPS) is 14.0. The van der Waals surface area contributed by atoms with E-state index >= 15 is 0 Å². The Labute approximate surface area is 490 Å². The first-order chi connectivity index (χ1) is 38.4. The highest BCUT2D eigenvalue weighted by atomic mass is 31.2. The van der Waals surface area contributed by atoms with Gasteiger partial charge < -0.3 is 28.5 Å². The van der Waals surface area contributed by atoms with E-state index < -0.39 is 20.0 Å². The van der Waals surface area contributed by atoms with Gasteiger partial charge in [-0.25, -0.2) is 0 Å². The third-order valence-corrected chi connectivity index (χ3v) is 15.9. The summed E-state index contributed by atoms with van der Waals surface area (Å²) in [5.74, 6) is -0.540. The number of phosphoric ester groups is 1. The fraction of sp³-hybridized carbons (Fsp3) is 0.826. The second-order valence-corrected chi connectivity index (χ2v) is 25.4.